The predicted octanol–water partition coefficient (Wildman–Crippen LogP) is 4.63. The molecule has 1 heterocycles. The number of aromatic nitrogens is 1. The SMILES string of the molecule is CCC(C(=O)O)n1ccc(/C=C/c2ccc(OCc3ccccc3)cc2)cc1=O. The second-order valence-corrected chi connectivity index (χ2v) is 6.64. The van der Waals surface area contributed by atoms with E-state index in [2.05, 4.69) is 0 Å². The molecule has 0 aliphatic rings. The van der Waals surface area contributed by atoms with Crippen molar-refractivity contribution in [3.8, 4) is 5.75 Å². The van der Waals surface area contributed by atoms with E-state index in [9.17, 15) is 14.7 Å². The highest BCUT2D eigenvalue weighted by molar-refractivity contribution is 5.72. The van der Waals surface area contributed by atoms with Crippen LogP contribution in [0.3, 0.4) is 0 Å². The van der Waals surface area contributed by atoms with Gasteiger partial charge in [-0.2, -0.15) is 0 Å². The fraction of sp³-hybridized carbons (Fsp3) is 0.167. The molecule has 0 spiro atoms. The lowest BCUT2D eigenvalue weighted by Crippen LogP contribution is -2.28. The van der Waals surface area contributed by atoms with Gasteiger partial charge in [0.2, 0.25) is 0 Å². The summed E-state index contributed by atoms with van der Waals surface area (Å²) in [6.45, 7) is 2.26. The number of ether oxygens (including phenoxy) is 1. The van der Waals surface area contributed by atoms with Gasteiger partial charge in [0, 0.05) is 12.3 Å². The van der Waals surface area contributed by atoms with Crippen LogP contribution in [0.1, 0.15) is 36.1 Å². The third-order valence-corrected chi connectivity index (χ3v) is 4.58. The molecule has 1 aromatic heterocycles. The van der Waals surface area contributed by atoms with Crippen LogP contribution in [-0.4, -0.2) is 15.6 Å². The molecule has 29 heavy (non-hydrogen) atoms. The van der Waals surface area contributed by atoms with Crippen molar-refractivity contribution in [3.63, 3.8) is 0 Å². The zero-order chi connectivity index (χ0) is 20.6. The fourth-order valence-electron chi connectivity index (χ4n) is 2.97. The van der Waals surface area contributed by atoms with E-state index in [1.165, 1.54) is 16.8 Å². The first-order chi connectivity index (χ1) is 14.1. The Kier molecular flexibility index (Phi) is 6.63. The van der Waals surface area contributed by atoms with E-state index in [4.69, 9.17) is 4.74 Å². The Morgan fingerprint density at radius 1 is 1.03 bits per heavy atom. The van der Waals surface area contributed by atoms with Crippen LogP contribution in [0.25, 0.3) is 12.2 Å². The maximum absolute atomic E-state index is 12.2. The summed E-state index contributed by atoms with van der Waals surface area (Å²) in [4.78, 5) is 23.5. The van der Waals surface area contributed by atoms with E-state index >= 15 is 0 Å². The van der Waals surface area contributed by atoms with Gasteiger partial charge in [0.1, 0.15) is 18.4 Å². The van der Waals surface area contributed by atoms with Crippen molar-refractivity contribution in [1.29, 1.82) is 0 Å². The molecule has 5 heteroatoms. The zero-order valence-corrected chi connectivity index (χ0v) is 16.2. The Bertz CT molecular complexity index is 1040. The van der Waals surface area contributed by atoms with Gasteiger partial charge in [-0.25, -0.2) is 4.79 Å². The molecule has 1 N–H and O–H groups in total. The summed E-state index contributed by atoms with van der Waals surface area (Å²) in [5.41, 5.74) is 2.47. The molecule has 2 aromatic carbocycles. The van der Waals surface area contributed by atoms with Gasteiger partial charge >= 0.3 is 5.97 Å². The first-order valence-corrected chi connectivity index (χ1v) is 9.46. The summed E-state index contributed by atoms with van der Waals surface area (Å²) in [6, 6.07) is 20.0. The van der Waals surface area contributed by atoms with Crippen molar-refractivity contribution in [3.05, 3.63) is 100.0 Å². The monoisotopic (exact) mass is 389 g/mol. The lowest BCUT2D eigenvalue weighted by molar-refractivity contribution is -0.141. The number of carboxylic acid groups (broad SMARTS) is 1. The van der Waals surface area contributed by atoms with Gasteiger partial charge in [-0.05, 0) is 41.3 Å². The molecule has 0 aliphatic carbocycles. The molecule has 1 unspecified atom stereocenters. The van der Waals surface area contributed by atoms with Gasteiger partial charge < -0.3 is 14.4 Å². The van der Waals surface area contributed by atoms with Crippen LogP contribution in [0.5, 0.6) is 5.75 Å². The van der Waals surface area contributed by atoms with E-state index < -0.39 is 12.0 Å². The number of benzene rings is 2. The Balaban J connectivity index is 1.64. The van der Waals surface area contributed by atoms with Crippen molar-refractivity contribution < 1.29 is 14.6 Å². The van der Waals surface area contributed by atoms with Crippen LogP contribution in [0.15, 0.2) is 77.7 Å². The highest BCUT2D eigenvalue weighted by Gasteiger charge is 2.17. The van der Waals surface area contributed by atoms with Gasteiger partial charge in [0.15, 0.2) is 0 Å². The number of nitrogens with zero attached hydrogens (tertiary/aromatic N) is 1. The molecule has 0 saturated heterocycles. The minimum absolute atomic E-state index is 0.328. The smallest absolute Gasteiger partial charge is 0.326 e. The number of rotatable bonds is 8. The third-order valence-electron chi connectivity index (χ3n) is 4.58. The minimum Gasteiger partial charge on any atom is -0.489 e. The summed E-state index contributed by atoms with van der Waals surface area (Å²) in [6.07, 6.45) is 5.61. The van der Waals surface area contributed by atoms with Crippen molar-refractivity contribution in [1.82, 2.24) is 4.57 Å². The molecule has 3 aromatic rings. The standard InChI is InChI=1S/C24H23NO4/c1-2-22(24(27)28)25-15-14-19(16-23(25)26)9-8-18-10-12-21(13-11-18)29-17-20-6-4-3-5-7-20/h3-16,22H,2,17H2,1H3,(H,27,28)/b9-8+. The van der Waals surface area contributed by atoms with E-state index in [-0.39, 0.29) is 5.56 Å². The van der Waals surface area contributed by atoms with Crippen molar-refractivity contribution in [2.75, 3.05) is 0 Å². The Labute approximate surface area is 169 Å². The Morgan fingerprint density at radius 3 is 2.34 bits per heavy atom. The van der Waals surface area contributed by atoms with Gasteiger partial charge in [0.05, 0.1) is 0 Å². The number of carboxylic acids is 1. The Morgan fingerprint density at radius 2 is 1.72 bits per heavy atom. The van der Waals surface area contributed by atoms with Crippen LogP contribution in [0, 0.1) is 0 Å². The second kappa shape index (κ2) is 9.55. The van der Waals surface area contributed by atoms with Crippen molar-refractivity contribution in [2.24, 2.45) is 0 Å². The lowest BCUT2D eigenvalue weighted by Gasteiger charge is -2.13. The molecular weight excluding hydrogens is 366 g/mol. The maximum Gasteiger partial charge on any atom is 0.326 e. The summed E-state index contributed by atoms with van der Waals surface area (Å²) in [7, 11) is 0. The highest BCUT2D eigenvalue weighted by Crippen LogP contribution is 2.16. The first kappa shape index (κ1) is 20.1. The molecule has 0 fully saturated rings. The quantitative estimate of drug-likeness (QED) is 0.610. The first-order valence-electron chi connectivity index (χ1n) is 9.46. The molecule has 3 rings (SSSR count). The van der Waals surface area contributed by atoms with E-state index in [0.717, 1.165) is 22.4 Å². The van der Waals surface area contributed by atoms with Crippen LogP contribution >= 0.6 is 0 Å². The summed E-state index contributed by atoms with van der Waals surface area (Å²) in [5.74, 6) is -0.222. The predicted molar refractivity (Wildman–Crippen MR) is 114 cm³/mol. The minimum atomic E-state index is -1.01. The molecule has 0 saturated carbocycles. The molecule has 5 nitrogen and oxygen atoms in total. The number of carbonyl (C=O) groups is 1. The highest BCUT2D eigenvalue weighted by atomic mass is 16.5. The van der Waals surface area contributed by atoms with Crippen LogP contribution in [-0.2, 0) is 11.4 Å². The molecular formula is C24H23NO4. The molecule has 0 amide bonds. The molecule has 0 aliphatic heterocycles. The normalized spacial score (nSPS) is 12.0. The largest absolute Gasteiger partial charge is 0.489 e. The summed E-state index contributed by atoms with van der Waals surface area (Å²) in [5, 5.41) is 9.21. The molecule has 1 atom stereocenters. The topological polar surface area (TPSA) is 68.5 Å². The van der Waals surface area contributed by atoms with Crippen LogP contribution in [0.4, 0.5) is 0 Å². The van der Waals surface area contributed by atoms with E-state index in [1.54, 1.807) is 13.0 Å². The van der Waals surface area contributed by atoms with E-state index in [1.807, 2.05) is 66.7 Å². The summed E-state index contributed by atoms with van der Waals surface area (Å²) >= 11 is 0. The van der Waals surface area contributed by atoms with Gasteiger partial charge in [0.25, 0.3) is 5.56 Å². The van der Waals surface area contributed by atoms with Gasteiger partial charge in [-0.15, -0.1) is 0 Å². The second-order valence-electron chi connectivity index (χ2n) is 6.64. The Hall–Kier alpha value is -3.60. The van der Waals surface area contributed by atoms with Crippen molar-refractivity contribution >= 4 is 18.1 Å². The van der Waals surface area contributed by atoms with Crippen LogP contribution in [0.2, 0.25) is 0 Å². The average molecular weight is 389 g/mol. The number of aliphatic carboxylic acids is 1. The fourth-order valence-corrected chi connectivity index (χ4v) is 2.97. The van der Waals surface area contributed by atoms with Crippen LogP contribution < -0.4 is 10.3 Å². The molecule has 148 valence electrons. The number of hydrogen-bond donors (Lipinski definition) is 1. The maximum atomic E-state index is 12.2. The average Bonchev–Trinajstić information content (AvgIpc) is 2.74. The molecule has 0 bridgehead atoms. The zero-order valence-electron chi connectivity index (χ0n) is 16.2. The molecule has 0 radical (unpaired) electrons. The van der Waals surface area contributed by atoms with Gasteiger partial charge in [-0.3, -0.25) is 4.79 Å². The van der Waals surface area contributed by atoms with Gasteiger partial charge in [-0.1, -0.05) is 61.5 Å². The number of hydrogen-bond acceptors (Lipinski definition) is 3. The third kappa shape index (κ3) is 5.45. The summed E-state index contributed by atoms with van der Waals surface area (Å²) < 4.78 is 7.02. The van der Waals surface area contributed by atoms with E-state index in [0.29, 0.717) is 13.0 Å². The van der Waals surface area contributed by atoms with Crippen molar-refractivity contribution in [2.45, 2.75) is 26.0 Å². The number of pyridine rings is 1. The lowest BCUT2D eigenvalue weighted by atomic mass is 10.1.